The third kappa shape index (κ3) is 7.65. The number of aliphatic hydroxyl groups is 1. The Balaban J connectivity index is 4.03. The Morgan fingerprint density at radius 3 is 2.11 bits per heavy atom. The van der Waals surface area contributed by atoms with Gasteiger partial charge in [-0.05, 0) is 13.0 Å². The SMILES string of the molecule is CC(O)/C=C/S(C)(=O)=O. The zero-order valence-electron chi connectivity index (χ0n) is 5.40. The van der Waals surface area contributed by atoms with Crippen LogP contribution in [0.2, 0.25) is 0 Å². The first-order chi connectivity index (χ1) is 3.92. The van der Waals surface area contributed by atoms with Gasteiger partial charge in [-0.3, -0.25) is 0 Å². The van der Waals surface area contributed by atoms with Gasteiger partial charge in [0.25, 0.3) is 0 Å². The van der Waals surface area contributed by atoms with E-state index in [0.29, 0.717) is 0 Å². The van der Waals surface area contributed by atoms with Gasteiger partial charge in [0.1, 0.15) is 0 Å². The lowest BCUT2D eigenvalue weighted by Crippen LogP contribution is -1.95. The molecule has 0 saturated carbocycles. The molecule has 1 atom stereocenters. The Hall–Kier alpha value is -0.350. The molecular weight excluding hydrogens is 140 g/mol. The standard InChI is InChI=1S/C5H10O3S/c1-5(6)3-4-9(2,7)8/h3-6H,1-2H3/b4-3+. The van der Waals surface area contributed by atoms with Gasteiger partial charge in [-0.1, -0.05) is 0 Å². The van der Waals surface area contributed by atoms with Crippen LogP contribution in [0.5, 0.6) is 0 Å². The average molecular weight is 150 g/mol. The molecule has 54 valence electrons. The zero-order chi connectivity index (χ0) is 7.49. The molecule has 0 aliphatic carbocycles. The summed E-state index contributed by atoms with van der Waals surface area (Å²) in [5, 5.41) is 9.55. The first-order valence-electron chi connectivity index (χ1n) is 2.48. The molecule has 0 saturated heterocycles. The fourth-order valence-electron chi connectivity index (χ4n) is 0.256. The van der Waals surface area contributed by atoms with Crippen molar-refractivity contribution in [1.82, 2.24) is 0 Å². The molecule has 0 fully saturated rings. The first-order valence-corrected chi connectivity index (χ1v) is 4.43. The summed E-state index contributed by atoms with van der Waals surface area (Å²) >= 11 is 0. The molecule has 0 aromatic carbocycles. The number of hydrogen-bond donors (Lipinski definition) is 1. The van der Waals surface area contributed by atoms with Gasteiger partial charge in [0.05, 0.1) is 6.10 Å². The maximum absolute atomic E-state index is 10.3. The smallest absolute Gasteiger partial charge is 0.168 e. The molecule has 4 heteroatoms. The molecule has 0 amide bonds. The van der Waals surface area contributed by atoms with Gasteiger partial charge in [-0.2, -0.15) is 0 Å². The lowest BCUT2D eigenvalue weighted by molar-refractivity contribution is 0.244. The van der Waals surface area contributed by atoms with Crippen LogP contribution >= 0.6 is 0 Å². The van der Waals surface area contributed by atoms with E-state index in [1.165, 1.54) is 13.0 Å². The van der Waals surface area contributed by atoms with Gasteiger partial charge in [-0.25, -0.2) is 8.42 Å². The fraction of sp³-hybridized carbons (Fsp3) is 0.600. The molecule has 0 spiro atoms. The van der Waals surface area contributed by atoms with Gasteiger partial charge in [0.15, 0.2) is 9.84 Å². The van der Waals surface area contributed by atoms with Gasteiger partial charge in [-0.15, -0.1) is 0 Å². The van der Waals surface area contributed by atoms with E-state index in [1.807, 2.05) is 0 Å². The maximum Gasteiger partial charge on any atom is 0.168 e. The molecule has 1 unspecified atom stereocenters. The van der Waals surface area contributed by atoms with Crippen LogP contribution in [0.1, 0.15) is 6.92 Å². The maximum atomic E-state index is 10.3. The quantitative estimate of drug-likeness (QED) is 0.599. The summed E-state index contributed by atoms with van der Waals surface area (Å²) in [7, 11) is -3.06. The molecule has 0 rings (SSSR count). The van der Waals surface area contributed by atoms with Gasteiger partial charge in [0, 0.05) is 11.7 Å². The summed E-state index contributed by atoms with van der Waals surface area (Å²) in [6.07, 6.45) is 1.60. The Bertz CT molecular complexity index is 188. The second kappa shape index (κ2) is 2.98. The fourth-order valence-corrected chi connectivity index (χ4v) is 0.769. The summed E-state index contributed by atoms with van der Waals surface area (Å²) < 4.78 is 20.7. The predicted octanol–water partition coefficient (Wildman–Crippen LogP) is -0.0745. The Morgan fingerprint density at radius 2 is 2.00 bits per heavy atom. The van der Waals surface area contributed by atoms with Crippen LogP contribution in [0.3, 0.4) is 0 Å². The van der Waals surface area contributed by atoms with Crippen molar-refractivity contribution >= 4 is 9.84 Å². The molecule has 0 bridgehead atoms. The van der Waals surface area contributed by atoms with E-state index in [9.17, 15) is 8.42 Å². The summed E-state index contributed by atoms with van der Waals surface area (Å²) in [4.78, 5) is 0. The van der Waals surface area contributed by atoms with Crippen LogP contribution in [0.25, 0.3) is 0 Å². The molecule has 9 heavy (non-hydrogen) atoms. The van der Waals surface area contributed by atoms with E-state index in [0.717, 1.165) is 11.7 Å². The summed E-state index contributed by atoms with van der Waals surface area (Å²) in [5.74, 6) is 0. The third-order valence-corrected chi connectivity index (χ3v) is 1.26. The number of sulfone groups is 1. The largest absolute Gasteiger partial charge is 0.389 e. The molecule has 0 radical (unpaired) electrons. The monoisotopic (exact) mass is 150 g/mol. The van der Waals surface area contributed by atoms with Crippen molar-refractivity contribution in [2.45, 2.75) is 13.0 Å². The molecule has 0 aliphatic rings. The van der Waals surface area contributed by atoms with Crippen LogP contribution < -0.4 is 0 Å². The molecule has 0 aromatic rings. The van der Waals surface area contributed by atoms with Gasteiger partial charge >= 0.3 is 0 Å². The molecule has 3 nitrogen and oxygen atoms in total. The highest BCUT2D eigenvalue weighted by molar-refractivity contribution is 7.93. The molecule has 1 N–H and O–H groups in total. The van der Waals surface area contributed by atoms with Crippen molar-refractivity contribution in [1.29, 1.82) is 0 Å². The van der Waals surface area contributed by atoms with E-state index in [1.54, 1.807) is 0 Å². The van der Waals surface area contributed by atoms with Crippen molar-refractivity contribution in [2.75, 3.05) is 6.26 Å². The lowest BCUT2D eigenvalue weighted by atomic mass is 10.4. The predicted molar refractivity (Wildman–Crippen MR) is 35.7 cm³/mol. The highest BCUT2D eigenvalue weighted by Crippen LogP contribution is 1.88. The topological polar surface area (TPSA) is 54.4 Å². The zero-order valence-corrected chi connectivity index (χ0v) is 6.22. The summed E-state index contributed by atoms with van der Waals surface area (Å²) in [5.41, 5.74) is 0. The minimum Gasteiger partial charge on any atom is -0.389 e. The molecule has 0 aromatic heterocycles. The molecule has 0 heterocycles. The normalized spacial score (nSPS) is 16.3. The van der Waals surface area contributed by atoms with Crippen LogP contribution in [-0.4, -0.2) is 25.9 Å². The highest BCUT2D eigenvalue weighted by Gasteiger charge is 1.93. The van der Waals surface area contributed by atoms with Crippen molar-refractivity contribution in [3.8, 4) is 0 Å². The third-order valence-electron chi connectivity index (χ3n) is 0.604. The van der Waals surface area contributed by atoms with Crippen LogP contribution in [0.15, 0.2) is 11.5 Å². The highest BCUT2D eigenvalue weighted by atomic mass is 32.2. The van der Waals surface area contributed by atoms with Crippen molar-refractivity contribution in [2.24, 2.45) is 0 Å². The second-order valence-corrected chi connectivity index (χ2v) is 3.83. The first kappa shape index (κ1) is 8.65. The lowest BCUT2D eigenvalue weighted by Gasteiger charge is -1.90. The minimum absolute atomic E-state index is 0.695. The number of hydrogen-bond acceptors (Lipinski definition) is 3. The second-order valence-electron chi connectivity index (χ2n) is 1.90. The van der Waals surface area contributed by atoms with E-state index >= 15 is 0 Å². The minimum atomic E-state index is -3.06. The van der Waals surface area contributed by atoms with Crippen LogP contribution in [0.4, 0.5) is 0 Å². The Labute approximate surface area is 54.9 Å². The summed E-state index contributed by atoms with van der Waals surface area (Å²) in [6, 6.07) is 0. The van der Waals surface area contributed by atoms with Crippen LogP contribution in [0, 0.1) is 0 Å². The Kier molecular flexibility index (Phi) is 2.87. The van der Waals surface area contributed by atoms with Gasteiger partial charge in [0.2, 0.25) is 0 Å². The average Bonchev–Trinajstić information content (AvgIpc) is 1.59. The number of aliphatic hydroxyl groups excluding tert-OH is 1. The van der Waals surface area contributed by atoms with Crippen molar-refractivity contribution < 1.29 is 13.5 Å². The van der Waals surface area contributed by atoms with E-state index < -0.39 is 15.9 Å². The van der Waals surface area contributed by atoms with E-state index in [-0.39, 0.29) is 0 Å². The Morgan fingerprint density at radius 1 is 1.56 bits per heavy atom. The molecule has 0 aliphatic heterocycles. The van der Waals surface area contributed by atoms with Crippen molar-refractivity contribution in [3.05, 3.63) is 11.5 Å². The van der Waals surface area contributed by atoms with E-state index in [2.05, 4.69) is 0 Å². The van der Waals surface area contributed by atoms with E-state index in [4.69, 9.17) is 5.11 Å². The summed E-state index contributed by atoms with van der Waals surface area (Å²) in [6.45, 7) is 1.49. The van der Waals surface area contributed by atoms with Crippen molar-refractivity contribution in [3.63, 3.8) is 0 Å². The van der Waals surface area contributed by atoms with Crippen LogP contribution in [-0.2, 0) is 9.84 Å². The van der Waals surface area contributed by atoms with Gasteiger partial charge < -0.3 is 5.11 Å². The molecular formula is C5H10O3S. The number of rotatable bonds is 2.